The molecule has 0 radical (unpaired) electrons. The molecule has 0 saturated carbocycles. The van der Waals surface area contributed by atoms with Gasteiger partial charge in [0.2, 0.25) is 5.43 Å². The Morgan fingerprint density at radius 1 is 0.844 bits per heavy atom. The molecular weight excluding hydrogens is 447 g/mol. The van der Waals surface area contributed by atoms with Gasteiger partial charge in [0, 0.05) is 21.8 Å². The van der Waals surface area contributed by atoms with Crippen molar-refractivity contribution >= 4 is 45.6 Å². The highest BCUT2D eigenvalue weighted by molar-refractivity contribution is 6.30. The van der Waals surface area contributed by atoms with E-state index < -0.39 is 0 Å². The molecule has 3 aromatic rings. The van der Waals surface area contributed by atoms with E-state index in [0.717, 1.165) is 21.7 Å². The molecule has 0 N–H and O–H groups in total. The third kappa shape index (κ3) is 3.49. The highest BCUT2D eigenvalue weighted by atomic mass is 35.5. The molecule has 2 aliphatic rings. The number of fused-ring (bicyclic) bond motifs is 2. The Labute approximate surface area is 192 Å². The Morgan fingerprint density at radius 3 is 2.19 bits per heavy atom. The van der Waals surface area contributed by atoms with Gasteiger partial charge in [-0.05, 0) is 66.7 Å². The summed E-state index contributed by atoms with van der Waals surface area (Å²) in [6.07, 6.45) is 0. The molecule has 1 heterocycles. The minimum atomic E-state index is -0.369. The molecule has 156 valence electrons. The van der Waals surface area contributed by atoms with Crippen molar-refractivity contribution in [3.63, 3.8) is 0 Å². The van der Waals surface area contributed by atoms with Crippen LogP contribution in [0.25, 0.3) is 28.1 Å². The van der Waals surface area contributed by atoms with Crippen molar-refractivity contribution in [2.45, 2.75) is 0 Å². The van der Waals surface area contributed by atoms with Gasteiger partial charge >= 0.3 is 0 Å². The predicted octanol–water partition coefficient (Wildman–Crippen LogP) is 6.62. The summed E-state index contributed by atoms with van der Waals surface area (Å²) in [5.74, 6) is 0. The first-order valence-electron chi connectivity index (χ1n) is 9.65. The number of halogens is 2. The molecular formula is C24H14Cl2N4O2. The van der Waals surface area contributed by atoms with Crippen LogP contribution in [0.15, 0.2) is 95.0 Å². The van der Waals surface area contributed by atoms with Crippen LogP contribution in [0.4, 0.5) is 11.4 Å². The van der Waals surface area contributed by atoms with Crippen molar-refractivity contribution in [2.75, 3.05) is 5.01 Å². The zero-order valence-electron chi connectivity index (χ0n) is 16.4. The minimum absolute atomic E-state index is 0.0975. The molecule has 32 heavy (non-hydrogen) atoms. The maximum absolute atomic E-state index is 13.1. The van der Waals surface area contributed by atoms with E-state index >= 15 is 0 Å². The van der Waals surface area contributed by atoms with Gasteiger partial charge in [0.1, 0.15) is 5.69 Å². The van der Waals surface area contributed by atoms with Crippen LogP contribution in [-0.4, -0.2) is 9.55 Å². The number of benzene rings is 4. The molecule has 0 saturated heterocycles. The van der Waals surface area contributed by atoms with E-state index in [2.05, 4.69) is 5.29 Å². The van der Waals surface area contributed by atoms with Gasteiger partial charge in [-0.25, -0.2) is 4.98 Å². The third-order valence-electron chi connectivity index (χ3n) is 5.13. The fourth-order valence-corrected chi connectivity index (χ4v) is 3.92. The lowest BCUT2D eigenvalue weighted by atomic mass is 10.1. The zero-order valence-corrected chi connectivity index (χ0v) is 18.0. The van der Waals surface area contributed by atoms with E-state index in [4.69, 9.17) is 28.2 Å². The lowest BCUT2D eigenvalue weighted by Gasteiger charge is -2.21. The van der Waals surface area contributed by atoms with Crippen molar-refractivity contribution in [3.05, 3.63) is 110 Å². The fourth-order valence-electron chi connectivity index (χ4n) is 3.67. The predicted molar refractivity (Wildman–Crippen MR) is 128 cm³/mol. The second kappa shape index (κ2) is 8.07. The van der Waals surface area contributed by atoms with E-state index in [1.165, 1.54) is 6.07 Å². The summed E-state index contributed by atoms with van der Waals surface area (Å²) in [5.41, 5.74) is 3.68. The number of para-hydroxylation sites is 2. The van der Waals surface area contributed by atoms with Gasteiger partial charge in [-0.2, -0.15) is 5.01 Å². The first-order chi connectivity index (χ1) is 15.5. The van der Waals surface area contributed by atoms with Gasteiger partial charge in [-0.3, -0.25) is 4.79 Å². The van der Waals surface area contributed by atoms with Gasteiger partial charge in [0.15, 0.2) is 0 Å². The SMILES string of the molecule is O=NN(c1ccc(Cl)cc1)c1cc2nc3ccccc3n(-c3ccc(Cl)cc3)c-2cc1=O. The van der Waals surface area contributed by atoms with Crippen LogP contribution in [0.3, 0.4) is 0 Å². The third-order valence-corrected chi connectivity index (χ3v) is 5.63. The summed E-state index contributed by atoms with van der Waals surface area (Å²) < 4.78 is 1.94. The molecule has 0 fully saturated rings. The van der Waals surface area contributed by atoms with E-state index in [1.807, 2.05) is 41.0 Å². The molecule has 6 nitrogen and oxygen atoms in total. The Bertz CT molecular complexity index is 1480. The summed E-state index contributed by atoms with van der Waals surface area (Å²) >= 11 is 12.0. The van der Waals surface area contributed by atoms with E-state index in [1.54, 1.807) is 42.5 Å². The number of nitrogens with zero attached hydrogens (tertiary/aromatic N) is 4. The van der Waals surface area contributed by atoms with Crippen LogP contribution >= 0.6 is 23.2 Å². The van der Waals surface area contributed by atoms with Gasteiger partial charge in [0.25, 0.3) is 0 Å². The largest absolute Gasteiger partial charge is 0.306 e. The first kappa shape index (κ1) is 20.2. The van der Waals surface area contributed by atoms with Gasteiger partial charge in [0.05, 0.1) is 33.4 Å². The molecule has 0 unspecified atom stereocenters. The van der Waals surface area contributed by atoms with Crippen LogP contribution < -0.4 is 10.4 Å². The van der Waals surface area contributed by atoms with Gasteiger partial charge < -0.3 is 4.57 Å². The quantitative estimate of drug-likeness (QED) is 0.171. The molecule has 0 bridgehead atoms. The number of anilines is 2. The normalized spacial score (nSPS) is 11.1. The summed E-state index contributed by atoms with van der Waals surface area (Å²) in [5, 5.41) is 5.24. The second-order valence-electron chi connectivity index (χ2n) is 7.09. The van der Waals surface area contributed by atoms with Crippen molar-refractivity contribution in [1.82, 2.24) is 9.55 Å². The lowest BCUT2D eigenvalue weighted by Crippen LogP contribution is -2.19. The standard InChI is InChI=1S/C24H14Cl2N4O2/c25-15-5-9-17(10-6-15)29-21-4-2-1-3-19(21)27-20-13-23(24(31)14-22(20)29)30(28-32)18-11-7-16(26)8-12-18/h1-14H. The monoisotopic (exact) mass is 460 g/mol. The van der Waals surface area contributed by atoms with Crippen LogP contribution in [0.2, 0.25) is 10.0 Å². The van der Waals surface area contributed by atoms with Crippen molar-refractivity contribution in [1.29, 1.82) is 0 Å². The molecule has 3 aromatic carbocycles. The molecule has 1 aliphatic heterocycles. The second-order valence-corrected chi connectivity index (χ2v) is 7.96. The summed E-state index contributed by atoms with van der Waals surface area (Å²) in [7, 11) is 0. The zero-order chi connectivity index (χ0) is 22.2. The first-order valence-corrected chi connectivity index (χ1v) is 10.4. The Kier molecular flexibility index (Phi) is 5.09. The summed E-state index contributed by atoms with van der Waals surface area (Å²) in [6.45, 7) is 0. The number of nitroso groups, excluding NO2 is 1. The Morgan fingerprint density at radius 2 is 1.50 bits per heavy atom. The number of hydrogen-bond acceptors (Lipinski definition) is 4. The highest BCUT2D eigenvalue weighted by Crippen LogP contribution is 2.33. The van der Waals surface area contributed by atoms with Gasteiger partial charge in [-0.15, -0.1) is 4.91 Å². The smallest absolute Gasteiger partial charge is 0.206 e. The molecule has 0 atom stereocenters. The van der Waals surface area contributed by atoms with Crippen molar-refractivity contribution in [2.24, 2.45) is 5.29 Å². The number of rotatable bonds is 4. The highest BCUT2D eigenvalue weighted by Gasteiger charge is 2.21. The summed E-state index contributed by atoms with van der Waals surface area (Å²) in [4.78, 5) is 29.5. The van der Waals surface area contributed by atoms with Crippen LogP contribution in [0.5, 0.6) is 0 Å². The molecule has 1 aliphatic carbocycles. The maximum atomic E-state index is 13.1. The average molecular weight is 461 g/mol. The van der Waals surface area contributed by atoms with Crippen molar-refractivity contribution < 1.29 is 0 Å². The van der Waals surface area contributed by atoms with E-state index in [9.17, 15) is 9.70 Å². The Balaban J connectivity index is 1.79. The fraction of sp³-hybridized carbons (Fsp3) is 0. The molecule has 8 heteroatoms. The molecule has 0 aromatic heterocycles. The minimum Gasteiger partial charge on any atom is -0.306 e. The number of aromatic nitrogens is 2. The van der Waals surface area contributed by atoms with Gasteiger partial charge in [-0.1, -0.05) is 35.3 Å². The Hall–Kier alpha value is -3.74. The van der Waals surface area contributed by atoms with Crippen LogP contribution in [0, 0.1) is 4.91 Å². The number of hydrogen-bond donors (Lipinski definition) is 0. The van der Waals surface area contributed by atoms with Crippen LogP contribution in [0.1, 0.15) is 0 Å². The average Bonchev–Trinajstić information content (AvgIpc) is 2.80. The summed E-state index contributed by atoms with van der Waals surface area (Å²) in [6, 6.07) is 24.5. The van der Waals surface area contributed by atoms with Crippen molar-refractivity contribution in [3.8, 4) is 17.1 Å². The van der Waals surface area contributed by atoms with E-state index in [-0.39, 0.29) is 11.1 Å². The lowest BCUT2D eigenvalue weighted by molar-refractivity contribution is 1.04. The molecule has 0 amide bonds. The maximum Gasteiger partial charge on any atom is 0.206 e. The molecule has 0 spiro atoms. The topological polar surface area (TPSA) is 67.6 Å². The molecule has 5 rings (SSSR count). The van der Waals surface area contributed by atoms with E-state index in [0.29, 0.717) is 27.1 Å². The van der Waals surface area contributed by atoms with Crippen LogP contribution in [-0.2, 0) is 0 Å².